The molecule has 0 fully saturated rings. The topological polar surface area (TPSA) is 13.1 Å². The lowest BCUT2D eigenvalue weighted by Crippen LogP contribution is -1.90. The minimum absolute atomic E-state index is 0.0788. The van der Waals surface area contributed by atoms with E-state index in [1.54, 1.807) is 12.1 Å². The quantitative estimate of drug-likeness (QED) is 0.168. The van der Waals surface area contributed by atoms with E-state index in [9.17, 15) is 5.48 Å². The van der Waals surface area contributed by atoms with Gasteiger partial charge in [-0.1, -0.05) is 182 Å². The first-order chi connectivity index (χ1) is 31.7. The standard InChI is InChI=1S/C52H32O/c1-2-14-34(15-3-1)49-42-18-6-8-20-44(42)50(45-21-9-7-19-43(45)49)38-30-28-35-31-37(29-27-36(35)32-38)40-22-11-25-47-48-26-12-24-46(52(48)53-51(40)47)41-23-10-16-33-13-4-5-17-39(33)41/h1-32H/i1D,2D,3D,6D,7D,8D,9D,14D,15D,18D,19D,20D,21D. The lowest BCUT2D eigenvalue weighted by molar-refractivity contribution is 0.671. The van der Waals surface area contributed by atoms with Gasteiger partial charge in [0.05, 0.1) is 17.8 Å². The number of hydrogen-bond acceptors (Lipinski definition) is 1. The molecule has 0 aliphatic heterocycles. The van der Waals surface area contributed by atoms with Crippen molar-refractivity contribution in [2.75, 3.05) is 0 Å². The van der Waals surface area contributed by atoms with Gasteiger partial charge in [-0.25, -0.2) is 0 Å². The van der Waals surface area contributed by atoms with Gasteiger partial charge in [-0.05, 0) is 88.6 Å². The molecule has 11 rings (SSSR count). The summed E-state index contributed by atoms with van der Waals surface area (Å²) in [5.74, 6) is 0. The van der Waals surface area contributed by atoms with Crippen LogP contribution in [0.4, 0.5) is 0 Å². The SMILES string of the molecule is [2H]c1c([2H])c([2H])c(-c2c3c([2H])c([2H])c([2H])c([2H])c3c(-c3ccc4cc(-c5cccc6c5oc5c(-c7cccc8ccccc78)cccc56)ccc4c3)c3c([2H])c([2H])c([2H])c([2H])c23)c([2H])c1[2H]. The highest BCUT2D eigenvalue weighted by atomic mass is 16.3. The van der Waals surface area contributed by atoms with E-state index in [2.05, 4.69) is 36.4 Å². The second-order valence-electron chi connectivity index (χ2n) is 13.0. The van der Waals surface area contributed by atoms with Crippen molar-refractivity contribution in [3.8, 4) is 44.5 Å². The molecule has 10 aromatic carbocycles. The van der Waals surface area contributed by atoms with Crippen LogP contribution in [0.1, 0.15) is 17.8 Å². The molecular weight excluding hydrogens is 641 g/mol. The predicted molar refractivity (Wildman–Crippen MR) is 225 cm³/mol. The van der Waals surface area contributed by atoms with Gasteiger partial charge < -0.3 is 4.42 Å². The first kappa shape index (κ1) is 19.6. The summed E-state index contributed by atoms with van der Waals surface area (Å²) in [5, 5.41) is 4.95. The van der Waals surface area contributed by atoms with Gasteiger partial charge in [-0.2, -0.15) is 0 Å². The molecule has 0 bridgehead atoms. The third kappa shape index (κ3) is 4.64. The summed E-state index contributed by atoms with van der Waals surface area (Å²) in [5.41, 5.74) is 4.96. The van der Waals surface area contributed by atoms with Gasteiger partial charge in [-0.3, -0.25) is 0 Å². The van der Waals surface area contributed by atoms with Crippen molar-refractivity contribution in [2.45, 2.75) is 0 Å². The van der Waals surface area contributed by atoms with Crippen LogP contribution >= 0.6 is 0 Å². The van der Waals surface area contributed by atoms with Gasteiger partial charge >= 0.3 is 0 Å². The van der Waals surface area contributed by atoms with E-state index < -0.39 is 84.1 Å². The van der Waals surface area contributed by atoms with Crippen molar-refractivity contribution < 1.29 is 22.2 Å². The van der Waals surface area contributed by atoms with E-state index in [4.69, 9.17) is 16.8 Å². The molecule has 0 N–H and O–H groups in total. The lowest BCUT2D eigenvalue weighted by Gasteiger charge is -2.18. The molecule has 11 aromatic rings. The van der Waals surface area contributed by atoms with Crippen molar-refractivity contribution in [3.63, 3.8) is 0 Å². The van der Waals surface area contributed by atoms with Crippen molar-refractivity contribution in [2.24, 2.45) is 0 Å². The Balaban J connectivity index is 1.16. The Morgan fingerprint density at radius 1 is 0.321 bits per heavy atom. The Kier molecular flexibility index (Phi) is 4.36. The van der Waals surface area contributed by atoms with Gasteiger partial charge in [0.1, 0.15) is 11.2 Å². The minimum Gasteiger partial charge on any atom is -0.455 e. The van der Waals surface area contributed by atoms with Gasteiger partial charge in [0.25, 0.3) is 0 Å². The molecule has 0 saturated heterocycles. The maximum atomic E-state index is 9.30. The molecule has 0 aliphatic carbocycles. The second kappa shape index (κ2) is 11.8. The Bertz CT molecular complexity index is 3870. The number of fused-ring (bicyclic) bond motifs is 7. The van der Waals surface area contributed by atoms with Crippen LogP contribution in [0.5, 0.6) is 0 Å². The molecule has 1 heteroatoms. The van der Waals surface area contributed by atoms with Crippen LogP contribution in [-0.4, -0.2) is 0 Å². The molecule has 0 unspecified atom stereocenters. The van der Waals surface area contributed by atoms with Gasteiger partial charge in [-0.15, -0.1) is 0 Å². The molecule has 1 nitrogen and oxygen atoms in total. The molecular formula is C52H32O. The first-order valence-corrected chi connectivity index (χ1v) is 17.2. The third-order valence-corrected chi connectivity index (χ3v) is 10.2. The van der Waals surface area contributed by atoms with Crippen LogP contribution < -0.4 is 0 Å². The zero-order valence-electron chi connectivity index (χ0n) is 40.9. The van der Waals surface area contributed by atoms with E-state index in [0.717, 1.165) is 60.4 Å². The molecule has 0 radical (unpaired) electrons. The lowest BCUT2D eigenvalue weighted by atomic mass is 9.85. The van der Waals surface area contributed by atoms with E-state index in [1.165, 1.54) is 0 Å². The predicted octanol–water partition coefficient (Wildman–Crippen LogP) is 14.9. The molecule has 1 heterocycles. The van der Waals surface area contributed by atoms with Gasteiger partial charge in [0.15, 0.2) is 0 Å². The third-order valence-electron chi connectivity index (χ3n) is 10.2. The average Bonchev–Trinajstić information content (AvgIpc) is 3.73. The van der Waals surface area contributed by atoms with Crippen molar-refractivity contribution in [3.05, 3.63) is 194 Å². The number of rotatable bonds is 4. The fourth-order valence-corrected chi connectivity index (χ4v) is 7.83. The zero-order valence-corrected chi connectivity index (χ0v) is 27.9. The van der Waals surface area contributed by atoms with Gasteiger partial charge in [0.2, 0.25) is 0 Å². The largest absolute Gasteiger partial charge is 0.455 e. The van der Waals surface area contributed by atoms with Crippen molar-refractivity contribution in [1.82, 2.24) is 0 Å². The molecule has 0 aliphatic rings. The van der Waals surface area contributed by atoms with Crippen LogP contribution in [0.2, 0.25) is 0 Å². The molecule has 53 heavy (non-hydrogen) atoms. The van der Waals surface area contributed by atoms with E-state index in [1.807, 2.05) is 66.7 Å². The summed E-state index contributed by atoms with van der Waals surface area (Å²) in [7, 11) is 0. The zero-order chi connectivity index (χ0) is 46.2. The number of hydrogen-bond donors (Lipinski definition) is 0. The smallest absolute Gasteiger partial charge is 0.143 e. The summed E-state index contributed by atoms with van der Waals surface area (Å²) in [6.45, 7) is 0. The van der Waals surface area contributed by atoms with Crippen molar-refractivity contribution in [1.29, 1.82) is 0 Å². The second-order valence-corrected chi connectivity index (χ2v) is 13.0. The maximum Gasteiger partial charge on any atom is 0.143 e. The highest BCUT2D eigenvalue weighted by Crippen LogP contribution is 2.45. The Hall–Kier alpha value is -6.96. The maximum absolute atomic E-state index is 9.30. The Labute approximate surface area is 325 Å². The normalized spacial score (nSPS) is 15.2. The minimum atomic E-state index is -0.714. The Morgan fingerprint density at radius 3 is 1.51 bits per heavy atom. The highest BCUT2D eigenvalue weighted by Gasteiger charge is 2.19. The van der Waals surface area contributed by atoms with E-state index in [0.29, 0.717) is 10.9 Å². The fourth-order valence-electron chi connectivity index (χ4n) is 7.83. The number of benzene rings is 10. The van der Waals surface area contributed by atoms with Gasteiger partial charge in [0, 0.05) is 21.9 Å². The summed E-state index contributed by atoms with van der Waals surface area (Å²) < 4.78 is 122. The average molecular weight is 686 g/mol. The number of para-hydroxylation sites is 2. The van der Waals surface area contributed by atoms with Crippen molar-refractivity contribution >= 4 is 65.0 Å². The highest BCUT2D eigenvalue weighted by molar-refractivity contribution is 6.22. The monoisotopic (exact) mass is 685 g/mol. The van der Waals surface area contributed by atoms with Crippen LogP contribution in [0.15, 0.2) is 198 Å². The van der Waals surface area contributed by atoms with Crippen LogP contribution in [0.25, 0.3) is 110 Å². The Morgan fingerprint density at radius 2 is 0.811 bits per heavy atom. The molecule has 0 atom stereocenters. The first-order valence-electron chi connectivity index (χ1n) is 23.7. The number of furan rings is 1. The summed E-state index contributed by atoms with van der Waals surface area (Å²) >= 11 is 0. The summed E-state index contributed by atoms with van der Waals surface area (Å²) in [6, 6.07) is 29.7. The van der Waals surface area contributed by atoms with Crippen LogP contribution in [0, 0.1) is 0 Å². The van der Waals surface area contributed by atoms with Crippen LogP contribution in [-0.2, 0) is 0 Å². The fraction of sp³-hybridized carbons (Fsp3) is 0. The molecule has 0 amide bonds. The summed E-state index contributed by atoms with van der Waals surface area (Å²) in [4.78, 5) is 0. The molecule has 246 valence electrons. The molecule has 0 spiro atoms. The summed E-state index contributed by atoms with van der Waals surface area (Å²) in [6.07, 6.45) is 0. The molecule has 1 aromatic heterocycles. The molecule has 0 saturated carbocycles. The van der Waals surface area contributed by atoms with E-state index in [-0.39, 0.29) is 32.7 Å². The van der Waals surface area contributed by atoms with Crippen LogP contribution in [0.3, 0.4) is 0 Å². The van der Waals surface area contributed by atoms with E-state index >= 15 is 0 Å².